The van der Waals surface area contributed by atoms with Gasteiger partial charge in [0.2, 0.25) is 0 Å². The number of furan rings is 1. The number of anilines is 1. The predicted octanol–water partition coefficient (Wildman–Crippen LogP) is 3.91. The van der Waals surface area contributed by atoms with Crippen LogP contribution in [0.4, 0.5) is 5.82 Å². The van der Waals surface area contributed by atoms with Crippen molar-refractivity contribution < 1.29 is 4.42 Å². The summed E-state index contributed by atoms with van der Waals surface area (Å²) < 4.78 is 5.33. The van der Waals surface area contributed by atoms with Gasteiger partial charge in [0, 0.05) is 12.1 Å². The molecule has 19 heavy (non-hydrogen) atoms. The number of hydrogen-bond donors (Lipinski definition) is 1. The van der Waals surface area contributed by atoms with Crippen molar-refractivity contribution in [3.05, 3.63) is 30.0 Å². The Bertz CT molecular complexity index is 539. The van der Waals surface area contributed by atoms with E-state index in [0.29, 0.717) is 0 Å². The molecule has 0 saturated heterocycles. The summed E-state index contributed by atoms with van der Waals surface area (Å²) in [5.74, 6) is 1.87. The van der Waals surface area contributed by atoms with Crippen LogP contribution in [-0.4, -0.2) is 16.5 Å². The van der Waals surface area contributed by atoms with Gasteiger partial charge < -0.3 is 9.73 Å². The Morgan fingerprint density at radius 3 is 2.79 bits per heavy atom. The largest absolute Gasteiger partial charge is 0.468 e. The van der Waals surface area contributed by atoms with Crippen molar-refractivity contribution in [2.45, 2.75) is 43.5 Å². The molecule has 0 spiro atoms. The fourth-order valence-electron chi connectivity index (χ4n) is 1.78. The van der Waals surface area contributed by atoms with Crippen molar-refractivity contribution in [3.63, 3.8) is 0 Å². The molecule has 4 nitrogen and oxygen atoms in total. The molecule has 0 amide bonds. The average Bonchev–Trinajstić information content (AvgIpc) is 2.82. The van der Waals surface area contributed by atoms with E-state index < -0.39 is 0 Å². The zero-order valence-corrected chi connectivity index (χ0v) is 12.4. The first kappa shape index (κ1) is 13.9. The van der Waals surface area contributed by atoms with Gasteiger partial charge in [-0.25, -0.2) is 9.97 Å². The van der Waals surface area contributed by atoms with Crippen molar-refractivity contribution in [1.29, 1.82) is 0 Å². The third kappa shape index (κ3) is 3.29. The zero-order valence-electron chi connectivity index (χ0n) is 11.6. The summed E-state index contributed by atoms with van der Waals surface area (Å²) >= 11 is 1.63. The molecule has 0 aliphatic rings. The van der Waals surface area contributed by atoms with Crippen LogP contribution in [0.5, 0.6) is 0 Å². The highest BCUT2D eigenvalue weighted by Crippen LogP contribution is 2.33. The smallest absolute Gasteiger partial charge is 0.133 e. The lowest BCUT2D eigenvalue weighted by Crippen LogP contribution is -2.06. The first-order valence-corrected chi connectivity index (χ1v) is 7.37. The molecule has 0 radical (unpaired) electrons. The van der Waals surface area contributed by atoms with Crippen LogP contribution in [0.2, 0.25) is 0 Å². The summed E-state index contributed by atoms with van der Waals surface area (Å²) in [7, 11) is 0. The topological polar surface area (TPSA) is 51.0 Å². The van der Waals surface area contributed by atoms with Crippen molar-refractivity contribution in [2.24, 2.45) is 0 Å². The van der Waals surface area contributed by atoms with Gasteiger partial charge in [0.1, 0.15) is 22.9 Å². The SMILES string of the molecule is CCCNc1ncnc(Sc2ccoc2C)c1CC. The Morgan fingerprint density at radius 2 is 2.16 bits per heavy atom. The van der Waals surface area contributed by atoms with Crippen molar-refractivity contribution in [3.8, 4) is 0 Å². The molecule has 102 valence electrons. The quantitative estimate of drug-likeness (QED) is 0.811. The molecule has 0 atom stereocenters. The Hall–Kier alpha value is -1.49. The van der Waals surface area contributed by atoms with Crippen molar-refractivity contribution >= 4 is 17.6 Å². The van der Waals surface area contributed by atoms with Gasteiger partial charge >= 0.3 is 0 Å². The van der Waals surface area contributed by atoms with Crippen LogP contribution < -0.4 is 5.32 Å². The third-order valence-corrected chi connectivity index (χ3v) is 4.01. The first-order valence-electron chi connectivity index (χ1n) is 6.56. The lowest BCUT2D eigenvalue weighted by atomic mass is 10.2. The molecule has 2 heterocycles. The fourth-order valence-corrected chi connectivity index (χ4v) is 2.77. The molecule has 2 aromatic heterocycles. The van der Waals surface area contributed by atoms with Crippen LogP contribution in [0.25, 0.3) is 0 Å². The molecule has 2 aromatic rings. The van der Waals surface area contributed by atoms with Gasteiger partial charge in [0.15, 0.2) is 0 Å². The summed E-state index contributed by atoms with van der Waals surface area (Å²) in [4.78, 5) is 9.85. The number of nitrogens with zero attached hydrogens (tertiary/aromatic N) is 2. The summed E-state index contributed by atoms with van der Waals surface area (Å²) in [6, 6.07) is 1.97. The maximum Gasteiger partial charge on any atom is 0.133 e. The second-order valence-corrected chi connectivity index (χ2v) is 5.26. The highest BCUT2D eigenvalue weighted by atomic mass is 32.2. The zero-order chi connectivity index (χ0) is 13.7. The van der Waals surface area contributed by atoms with E-state index in [9.17, 15) is 0 Å². The molecule has 0 fully saturated rings. The molecule has 0 aliphatic heterocycles. The van der Waals surface area contributed by atoms with E-state index in [1.54, 1.807) is 24.4 Å². The van der Waals surface area contributed by atoms with E-state index in [0.717, 1.165) is 40.9 Å². The lowest BCUT2D eigenvalue weighted by Gasteiger charge is -2.12. The minimum absolute atomic E-state index is 0.909. The standard InChI is InChI=1S/C14H19N3OS/c1-4-7-15-13-11(5-2)14(17-9-16-13)19-12-6-8-18-10(12)3/h6,8-9H,4-5,7H2,1-3H3,(H,15,16,17). The highest BCUT2D eigenvalue weighted by Gasteiger charge is 2.12. The number of nitrogens with one attached hydrogen (secondary N) is 1. The molecular formula is C14H19N3OS. The highest BCUT2D eigenvalue weighted by molar-refractivity contribution is 7.99. The van der Waals surface area contributed by atoms with E-state index in [1.165, 1.54) is 5.56 Å². The van der Waals surface area contributed by atoms with E-state index in [2.05, 4.69) is 29.1 Å². The Morgan fingerprint density at radius 1 is 1.32 bits per heavy atom. The molecule has 0 saturated carbocycles. The summed E-state index contributed by atoms with van der Waals surface area (Å²) in [6.07, 6.45) is 5.32. The van der Waals surface area contributed by atoms with Gasteiger partial charge in [-0.2, -0.15) is 0 Å². The van der Waals surface area contributed by atoms with Crippen LogP contribution in [0, 0.1) is 6.92 Å². The second-order valence-electron chi connectivity index (χ2n) is 4.23. The maximum atomic E-state index is 5.33. The summed E-state index contributed by atoms with van der Waals surface area (Å²) in [5.41, 5.74) is 1.17. The first-order chi connectivity index (χ1) is 9.26. The second kappa shape index (κ2) is 6.61. The maximum absolute atomic E-state index is 5.33. The summed E-state index contributed by atoms with van der Waals surface area (Å²) in [6.45, 7) is 7.16. The average molecular weight is 277 g/mol. The normalized spacial score (nSPS) is 10.7. The third-order valence-electron chi connectivity index (χ3n) is 2.82. The fraction of sp³-hybridized carbons (Fsp3) is 0.429. The van der Waals surface area contributed by atoms with E-state index in [-0.39, 0.29) is 0 Å². The van der Waals surface area contributed by atoms with E-state index >= 15 is 0 Å². The van der Waals surface area contributed by atoms with Gasteiger partial charge in [0.05, 0.1) is 11.2 Å². The van der Waals surface area contributed by atoms with Gasteiger partial charge in [-0.15, -0.1) is 0 Å². The Kier molecular flexibility index (Phi) is 4.85. The minimum atomic E-state index is 0.909. The molecule has 2 rings (SSSR count). The van der Waals surface area contributed by atoms with Crippen LogP contribution in [-0.2, 0) is 6.42 Å². The molecule has 1 N–H and O–H groups in total. The van der Waals surface area contributed by atoms with E-state index in [1.807, 2.05) is 13.0 Å². The molecule has 0 unspecified atom stereocenters. The monoisotopic (exact) mass is 277 g/mol. The minimum Gasteiger partial charge on any atom is -0.468 e. The number of aromatic nitrogens is 2. The van der Waals surface area contributed by atoms with Gasteiger partial charge in [0.25, 0.3) is 0 Å². The lowest BCUT2D eigenvalue weighted by molar-refractivity contribution is 0.527. The number of aryl methyl sites for hydroxylation is 1. The van der Waals surface area contributed by atoms with Crippen molar-refractivity contribution in [2.75, 3.05) is 11.9 Å². The molecule has 0 bridgehead atoms. The Labute approximate surface area is 118 Å². The Balaban J connectivity index is 2.27. The van der Waals surface area contributed by atoms with Crippen LogP contribution >= 0.6 is 11.8 Å². The predicted molar refractivity (Wildman–Crippen MR) is 77.8 cm³/mol. The summed E-state index contributed by atoms with van der Waals surface area (Å²) in [5, 5.41) is 4.36. The van der Waals surface area contributed by atoms with E-state index in [4.69, 9.17) is 4.42 Å². The molecule has 0 aromatic carbocycles. The van der Waals surface area contributed by atoms with Crippen LogP contribution in [0.15, 0.2) is 33.0 Å². The molecule has 5 heteroatoms. The van der Waals surface area contributed by atoms with Crippen molar-refractivity contribution in [1.82, 2.24) is 9.97 Å². The van der Waals surface area contributed by atoms with Gasteiger partial charge in [-0.1, -0.05) is 25.6 Å². The van der Waals surface area contributed by atoms with Gasteiger partial charge in [-0.3, -0.25) is 0 Å². The number of hydrogen-bond acceptors (Lipinski definition) is 5. The number of rotatable bonds is 6. The van der Waals surface area contributed by atoms with Gasteiger partial charge in [-0.05, 0) is 25.8 Å². The molecule has 0 aliphatic carbocycles. The van der Waals surface area contributed by atoms with Crippen LogP contribution in [0.1, 0.15) is 31.6 Å². The van der Waals surface area contributed by atoms with Crippen LogP contribution in [0.3, 0.4) is 0 Å². The molecular weight excluding hydrogens is 258 g/mol.